The molecule has 2 rings (SSSR count). The molecular weight excluding hydrogens is 296 g/mol. The van der Waals surface area contributed by atoms with Gasteiger partial charge in [0, 0.05) is 12.2 Å². The number of hydrogen-bond acceptors (Lipinski definition) is 5. The SMILES string of the molecule is CC(Cc1ccsc1)NS(=O)(=O)c1ccc(CO)cn1. The van der Waals surface area contributed by atoms with E-state index in [0.29, 0.717) is 12.0 Å². The molecule has 0 spiro atoms. The van der Waals surface area contributed by atoms with Crippen molar-refractivity contribution in [3.8, 4) is 0 Å². The van der Waals surface area contributed by atoms with Gasteiger partial charge in [0.25, 0.3) is 10.0 Å². The Balaban J connectivity index is 2.05. The van der Waals surface area contributed by atoms with Crippen molar-refractivity contribution in [2.75, 3.05) is 0 Å². The maximum atomic E-state index is 12.1. The van der Waals surface area contributed by atoms with Crippen LogP contribution >= 0.6 is 11.3 Å². The van der Waals surface area contributed by atoms with Crippen molar-refractivity contribution in [2.24, 2.45) is 0 Å². The van der Waals surface area contributed by atoms with Crippen LogP contribution in [0.1, 0.15) is 18.1 Å². The molecule has 0 aliphatic heterocycles. The van der Waals surface area contributed by atoms with E-state index >= 15 is 0 Å². The van der Waals surface area contributed by atoms with Gasteiger partial charge in [-0.25, -0.2) is 18.1 Å². The normalized spacial score (nSPS) is 13.3. The van der Waals surface area contributed by atoms with Crippen molar-refractivity contribution in [2.45, 2.75) is 31.0 Å². The Hall–Kier alpha value is -1.28. The van der Waals surface area contributed by atoms with Crippen molar-refractivity contribution in [3.63, 3.8) is 0 Å². The van der Waals surface area contributed by atoms with E-state index in [0.717, 1.165) is 5.56 Å². The average Bonchev–Trinajstić information content (AvgIpc) is 2.91. The number of aromatic nitrogens is 1. The van der Waals surface area contributed by atoms with Gasteiger partial charge >= 0.3 is 0 Å². The molecule has 0 saturated carbocycles. The third-order valence-corrected chi connectivity index (χ3v) is 4.97. The number of nitrogens with one attached hydrogen (secondary N) is 1. The Kier molecular flexibility index (Phi) is 4.87. The third-order valence-electron chi connectivity index (χ3n) is 2.73. The van der Waals surface area contributed by atoms with Crippen LogP contribution in [0.4, 0.5) is 0 Å². The number of thiophene rings is 1. The number of rotatable bonds is 6. The van der Waals surface area contributed by atoms with Gasteiger partial charge in [0.1, 0.15) is 0 Å². The van der Waals surface area contributed by atoms with Crippen LogP contribution in [0.2, 0.25) is 0 Å². The van der Waals surface area contributed by atoms with Crippen LogP contribution in [-0.2, 0) is 23.1 Å². The number of aliphatic hydroxyl groups is 1. The van der Waals surface area contributed by atoms with E-state index in [1.165, 1.54) is 12.3 Å². The van der Waals surface area contributed by atoms with E-state index in [9.17, 15) is 8.42 Å². The fourth-order valence-corrected chi connectivity index (χ4v) is 3.65. The van der Waals surface area contributed by atoms with Gasteiger partial charge in [0.05, 0.1) is 6.61 Å². The molecule has 0 amide bonds. The van der Waals surface area contributed by atoms with Gasteiger partial charge in [-0.2, -0.15) is 11.3 Å². The second-order valence-electron chi connectivity index (χ2n) is 4.52. The summed E-state index contributed by atoms with van der Waals surface area (Å²) in [6.07, 6.45) is 2.00. The summed E-state index contributed by atoms with van der Waals surface area (Å²) in [6.45, 7) is 1.66. The lowest BCUT2D eigenvalue weighted by Crippen LogP contribution is -2.34. The molecular formula is C13H16N2O3S2. The summed E-state index contributed by atoms with van der Waals surface area (Å²) in [7, 11) is -3.63. The predicted molar refractivity (Wildman–Crippen MR) is 78.0 cm³/mol. The molecule has 2 N–H and O–H groups in total. The molecule has 108 valence electrons. The van der Waals surface area contributed by atoms with Crippen LogP contribution in [0.15, 0.2) is 40.2 Å². The summed E-state index contributed by atoms with van der Waals surface area (Å²) < 4.78 is 26.9. The molecule has 0 radical (unpaired) electrons. The highest BCUT2D eigenvalue weighted by molar-refractivity contribution is 7.89. The monoisotopic (exact) mass is 312 g/mol. The van der Waals surface area contributed by atoms with Crippen molar-refractivity contribution in [1.29, 1.82) is 0 Å². The quantitative estimate of drug-likeness (QED) is 0.848. The zero-order valence-electron chi connectivity index (χ0n) is 11.0. The summed E-state index contributed by atoms with van der Waals surface area (Å²) in [5.41, 5.74) is 1.68. The van der Waals surface area contributed by atoms with Crippen LogP contribution in [0.25, 0.3) is 0 Å². The zero-order chi connectivity index (χ0) is 14.6. The third kappa shape index (κ3) is 3.86. The Morgan fingerprint density at radius 2 is 2.15 bits per heavy atom. The number of aliphatic hydroxyl groups excluding tert-OH is 1. The molecule has 0 fully saturated rings. The molecule has 7 heteroatoms. The Morgan fingerprint density at radius 1 is 1.35 bits per heavy atom. The fourth-order valence-electron chi connectivity index (χ4n) is 1.79. The average molecular weight is 312 g/mol. The van der Waals surface area contributed by atoms with Gasteiger partial charge in [-0.15, -0.1) is 0 Å². The summed E-state index contributed by atoms with van der Waals surface area (Å²) in [4.78, 5) is 3.86. The first-order valence-electron chi connectivity index (χ1n) is 6.10. The molecule has 0 bridgehead atoms. The van der Waals surface area contributed by atoms with Gasteiger partial charge in [0.2, 0.25) is 0 Å². The number of hydrogen-bond donors (Lipinski definition) is 2. The largest absolute Gasteiger partial charge is 0.392 e. The second-order valence-corrected chi connectivity index (χ2v) is 6.96. The van der Waals surface area contributed by atoms with Crippen molar-refractivity contribution in [1.82, 2.24) is 9.71 Å². The first-order valence-corrected chi connectivity index (χ1v) is 8.53. The first-order chi connectivity index (χ1) is 9.51. The lowest BCUT2D eigenvalue weighted by Gasteiger charge is -2.13. The molecule has 1 unspecified atom stereocenters. The van der Waals surface area contributed by atoms with Crippen LogP contribution < -0.4 is 4.72 Å². The molecule has 0 saturated heterocycles. The van der Waals surface area contributed by atoms with Crippen molar-refractivity contribution in [3.05, 3.63) is 46.3 Å². The van der Waals surface area contributed by atoms with Gasteiger partial charge in [-0.05, 0) is 47.4 Å². The highest BCUT2D eigenvalue weighted by Crippen LogP contribution is 2.11. The lowest BCUT2D eigenvalue weighted by molar-refractivity contribution is 0.281. The van der Waals surface area contributed by atoms with Crippen molar-refractivity contribution >= 4 is 21.4 Å². The standard InChI is InChI=1S/C13H16N2O3S2/c1-10(6-11-4-5-19-9-11)15-20(17,18)13-3-2-12(8-16)7-14-13/h2-5,7,9-10,15-16H,6,8H2,1H3. The molecule has 2 aromatic rings. The predicted octanol–water partition coefficient (Wildman–Crippen LogP) is 1.54. The minimum absolute atomic E-state index is 0.0353. The number of nitrogens with zero attached hydrogens (tertiary/aromatic N) is 1. The minimum atomic E-state index is -3.63. The van der Waals surface area contributed by atoms with Gasteiger partial charge in [0.15, 0.2) is 5.03 Å². The molecule has 20 heavy (non-hydrogen) atoms. The smallest absolute Gasteiger partial charge is 0.258 e. The van der Waals surface area contributed by atoms with E-state index < -0.39 is 10.0 Å². The highest BCUT2D eigenvalue weighted by atomic mass is 32.2. The van der Waals surface area contributed by atoms with Crippen LogP contribution in [-0.4, -0.2) is 24.6 Å². The van der Waals surface area contributed by atoms with E-state index in [1.807, 2.05) is 23.8 Å². The summed E-state index contributed by atoms with van der Waals surface area (Å²) >= 11 is 1.59. The van der Waals surface area contributed by atoms with E-state index in [2.05, 4.69) is 9.71 Å². The maximum absolute atomic E-state index is 12.1. The summed E-state index contributed by atoms with van der Waals surface area (Å²) in [6, 6.07) is 4.70. The molecule has 5 nitrogen and oxygen atoms in total. The summed E-state index contributed by atoms with van der Waals surface area (Å²) in [5, 5.41) is 12.8. The molecule has 1 atom stereocenters. The van der Waals surface area contributed by atoms with Crippen LogP contribution in [0.5, 0.6) is 0 Å². The Morgan fingerprint density at radius 3 is 2.70 bits per heavy atom. The molecule has 2 aromatic heterocycles. The molecule has 0 aromatic carbocycles. The van der Waals surface area contributed by atoms with Gasteiger partial charge < -0.3 is 5.11 Å². The zero-order valence-corrected chi connectivity index (χ0v) is 12.6. The maximum Gasteiger partial charge on any atom is 0.258 e. The number of sulfonamides is 1. The Labute approximate surface area is 122 Å². The van der Waals surface area contributed by atoms with Crippen LogP contribution in [0, 0.1) is 0 Å². The van der Waals surface area contributed by atoms with E-state index in [1.54, 1.807) is 17.4 Å². The lowest BCUT2D eigenvalue weighted by atomic mass is 10.1. The Bertz CT molecular complexity index is 637. The topological polar surface area (TPSA) is 79.3 Å². The molecule has 0 aliphatic rings. The second kappa shape index (κ2) is 6.45. The first kappa shape index (κ1) is 15.1. The van der Waals surface area contributed by atoms with Gasteiger partial charge in [-0.1, -0.05) is 6.07 Å². The minimum Gasteiger partial charge on any atom is -0.392 e. The van der Waals surface area contributed by atoms with Gasteiger partial charge in [-0.3, -0.25) is 0 Å². The van der Waals surface area contributed by atoms with E-state index in [-0.39, 0.29) is 17.7 Å². The summed E-state index contributed by atoms with van der Waals surface area (Å²) in [5.74, 6) is 0. The highest BCUT2D eigenvalue weighted by Gasteiger charge is 2.18. The van der Waals surface area contributed by atoms with E-state index in [4.69, 9.17) is 5.11 Å². The van der Waals surface area contributed by atoms with Crippen molar-refractivity contribution < 1.29 is 13.5 Å². The van der Waals surface area contributed by atoms with Crippen LogP contribution in [0.3, 0.4) is 0 Å². The molecule has 2 heterocycles. The number of pyridine rings is 1. The molecule has 0 aliphatic carbocycles. The fraction of sp³-hybridized carbons (Fsp3) is 0.308.